The molecule has 5 rings (SSSR count). The van der Waals surface area contributed by atoms with Crippen molar-refractivity contribution in [2.75, 3.05) is 19.0 Å². The molecule has 0 atom stereocenters. The molecule has 0 aliphatic rings. The Kier molecular flexibility index (Phi) is 9.87. The summed E-state index contributed by atoms with van der Waals surface area (Å²) in [6.45, 7) is 4.08. The number of hydrogen-bond donors (Lipinski definition) is 1. The van der Waals surface area contributed by atoms with Crippen molar-refractivity contribution in [3.63, 3.8) is 0 Å². The van der Waals surface area contributed by atoms with E-state index in [1.807, 2.05) is 56.6 Å². The summed E-state index contributed by atoms with van der Waals surface area (Å²) in [7, 11) is 0. The van der Waals surface area contributed by atoms with Crippen molar-refractivity contribution in [2.45, 2.75) is 18.7 Å². The van der Waals surface area contributed by atoms with Crippen LogP contribution in [0.4, 0.5) is 0 Å². The van der Waals surface area contributed by atoms with E-state index in [0.29, 0.717) is 18.1 Å². The highest BCUT2D eigenvalue weighted by Gasteiger charge is 2.16. The first kappa shape index (κ1) is 29.6. The number of carboxylic acids is 1. The molecule has 0 aliphatic heterocycles. The van der Waals surface area contributed by atoms with Gasteiger partial charge in [0, 0.05) is 35.3 Å². The quantitative estimate of drug-likeness (QED) is 0.116. The zero-order valence-corrected chi connectivity index (χ0v) is 24.9. The number of benzene rings is 3. The van der Waals surface area contributed by atoms with Gasteiger partial charge < -0.3 is 14.6 Å². The third-order valence-electron chi connectivity index (χ3n) is 6.80. The first-order valence-corrected chi connectivity index (χ1v) is 15.0. The van der Waals surface area contributed by atoms with Crippen LogP contribution in [0.3, 0.4) is 0 Å². The van der Waals surface area contributed by atoms with Crippen LogP contribution in [-0.2, 0) is 9.53 Å². The SMILES string of the molecule is CCOC(CSc1ccc(OCC(=O)O)c(C)c1)=C(c1ccc(-c2cccnc2)cc1)c1ccc(-c2cccnc2)cc1. The van der Waals surface area contributed by atoms with Gasteiger partial charge in [-0.2, -0.15) is 0 Å². The maximum Gasteiger partial charge on any atom is 0.341 e. The number of thioether (sulfide) groups is 1. The zero-order valence-electron chi connectivity index (χ0n) is 24.1. The van der Waals surface area contributed by atoms with Crippen LogP contribution in [0.2, 0.25) is 0 Å². The van der Waals surface area contributed by atoms with Gasteiger partial charge in [0.1, 0.15) is 11.5 Å². The van der Waals surface area contributed by atoms with Gasteiger partial charge in [0.05, 0.1) is 12.4 Å². The normalized spacial score (nSPS) is 10.7. The summed E-state index contributed by atoms with van der Waals surface area (Å²) in [6.07, 6.45) is 7.28. The maximum atomic E-state index is 10.9. The largest absolute Gasteiger partial charge is 0.497 e. The number of hydrogen-bond acceptors (Lipinski definition) is 6. The fourth-order valence-corrected chi connectivity index (χ4v) is 5.69. The van der Waals surface area contributed by atoms with E-state index in [2.05, 4.69) is 70.6 Å². The molecule has 6 nitrogen and oxygen atoms in total. The molecule has 0 saturated carbocycles. The van der Waals surface area contributed by atoms with Crippen molar-refractivity contribution in [2.24, 2.45) is 0 Å². The van der Waals surface area contributed by atoms with Crippen molar-refractivity contribution < 1.29 is 19.4 Å². The highest BCUT2D eigenvalue weighted by atomic mass is 32.2. The van der Waals surface area contributed by atoms with Crippen LogP contribution in [0.25, 0.3) is 27.8 Å². The van der Waals surface area contributed by atoms with E-state index in [-0.39, 0.29) is 6.61 Å². The van der Waals surface area contributed by atoms with Crippen LogP contribution in [-0.4, -0.2) is 40.0 Å². The third-order valence-corrected chi connectivity index (χ3v) is 7.80. The molecule has 2 heterocycles. The summed E-state index contributed by atoms with van der Waals surface area (Å²) in [5.74, 6) is 1.04. The van der Waals surface area contributed by atoms with Gasteiger partial charge in [-0.15, -0.1) is 11.8 Å². The molecule has 216 valence electrons. The van der Waals surface area contributed by atoms with Crippen LogP contribution in [0.1, 0.15) is 23.6 Å². The average Bonchev–Trinajstić information content (AvgIpc) is 3.05. The number of aromatic nitrogens is 2. The van der Waals surface area contributed by atoms with Gasteiger partial charge in [0.15, 0.2) is 6.61 Å². The molecule has 0 amide bonds. The van der Waals surface area contributed by atoms with Gasteiger partial charge in [0.2, 0.25) is 0 Å². The third kappa shape index (κ3) is 7.70. The Morgan fingerprint density at radius 3 is 1.84 bits per heavy atom. The molecular weight excluding hydrogens is 556 g/mol. The Balaban J connectivity index is 1.50. The summed E-state index contributed by atoms with van der Waals surface area (Å²) in [5, 5.41) is 8.95. The molecule has 0 spiro atoms. The zero-order chi connectivity index (χ0) is 30.0. The van der Waals surface area contributed by atoms with E-state index in [4.69, 9.17) is 14.6 Å². The predicted molar refractivity (Wildman–Crippen MR) is 172 cm³/mol. The number of carbonyl (C=O) groups is 1. The van der Waals surface area contributed by atoms with Crippen LogP contribution in [0.15, 0.2) is 126 Å². The Labute approximate surface area is 256 Å². The fourth-order valence-electron chi connectivity index (χ4n) is 4.74. The van der Waals surface area contributed by atoms with Crippen LogP contribution >= 0.6 is 11.8 Å². The Hall–Kier alpha value is -4.88. The number of ether oxygens (including phenoxy) is 2. The Morgan fingerprint density at radius 2 is 1.37 bits per heavy atom. The van der Waals surface area contributed by atoms with Crippen LogP contribution in [0, 0.1) is 6.92 Å². The number of nitrogens with zero attached hydrogens (tertiary/aromatic N) is 2. The predicted octanol–water partition coefficient (Wildman–Crippen LogP) is 8.17. The molecule has 0 aliphatic carbocycles. The molecular formula is C36H32N2O4S. The standard InChI is InChI=1S/C36H32N2O4S/c1-3-41-34(24-43-32-16-17-33(25(2)20-32)42-23-35(39)40)36(28-12-8-26(9-13-28)30-6-4-18-37-21-30)29-14-10-27(11-15-29)31-7-5-19-38-22-31/h4-22H,3,23-24H2,1-2H3,(H,39,40). The van der Waals surface area contributed by atoms with E-state index >= 15 is 0 Å². The molecule has 0 saturated heterocycles. The molecule has 0 fully saturated rings. The molecule has 3 aromatic carbocycles. The van der Waals surface area contributed by atoms with E-state index < -0.39 is 5.97 Å². The lowest BCUT2D eigenvalue weighted by Crippen LogP contribution is -2.10. The monoisotopic (exact) mass is 588 g/mol. The minimum absolute atomic E-state index is 0.368. The van der Waals surface area contributed by atoms with Crippen LogP contribution < -0.4 is 4.74 Å². The van der Waals surface area contributed by atoms with Gasteiger partial charge in [0.25, 0.3) is 0 Å². The second kappa shape index (κ2) is 14.3. The second-order valence-corrected chi connectivity index (χ2v) is 10.8. The summed E-state index contributed by atoms with van der Waals surface area (Å²) in [4.78, 5) is 20.5. The summed E-state index contributed by atoms with van der Waals surface area (Å²) in [5.41, 5.74) is 8.33. The van der Waals surface area contributed by atoms with Gasteiger partial charge in [-0.25, -0.2) is 4.79 Å². The molecule has 1 N–H and O–H groups in total. The first-order chi connectivity index (χ1) is 21.0. The lowest BCUT2D eigenvalue weighted by Gasteiger charge is -2.18. The van der Waals surface area contributed by atoms with Crippen molar-refractivity contribution in [1.29, 1.82) is 0 Å². The maximum absolute atomic E-state index is 10.9. The molecule has 5 aromatic rings. The molecule has 0 unspecified atom stereocenters. The van der Waals surface area contributed by atoms with Crippen molar-refractivity contribution >= 4 is 23.3 Å². The van der Waals surface area contributed by atoms with Gasteiger partial charge >= 0.3 is 5.97 Å². The average molecular weight is 589 g/mol. The molecule has 7 heteroatoms. The first-order valence-electron chi connectivity index (χ1n) is 14.0. The van der Waals surface area contributed by atoms with E-state index in [9.17, 15) is 4.79 Å². The highest BCUT2D eigenvalue weighted by Crippen LogP contribution is 2.34. The lowest BCUT2D eigenvalue weighted by molar-refractivity contribution is -0.139. The molecule has 43 heavy (non-hydrogen) atoms. The minimum atomic E-state index is -1.00. The van der Waals surface area contributed by atoms with Gasteiger partial charge in [-0.05, 0) is 83.1 Å². The van der Waals surface area contributed by atoms with Gasteiger partial charge in [-0.3, -0.25) is 9.97 Å². The van der Waals surface area contributed by atoms with E-state index in [1.54, 1.807) is 24.2 Å². The van der Waals surface area contributed by atoms with Crippen molar-refractivity contribution in [1.82, 2.24) is 9.97 Å². The minimum Gasteiger partial charge on any atom is -0.497 e. The molecule has 0 bridgehead atoms. The molecule has 2 aromatic heterocycles. The Bertz CT molecular complexity index is 1600. The molecule has 0 radical (unpaired) electrons. The number of carboxylic acid groups (broad SMARTS) is 1. The van der Waals surface area contributed by atoms with E-state index in [1.165, 1.54) is 0 Å². The highest BCUT2D eigenvalue weighted by molar-refractivity contribution is 7.99. The van der Waals surface area contributed by atoms with Gasteiger partial charge in [-0.1, -0.05) is 60.7 Å². The number of aryl methyl sites for hydroxylation is 1. The fraction of sp³-hybridized carbons (Fsp3) is 0.139. The number of pyridine rings is 2. The number of aliphatic carboxylic acids is 1. The second-order valence-electron chi connectivity index (χ2n) is 9.77. The van der Waals surface area contributed by atoms with E-state index in [0.717, 1.165) is 55.2 Å². The van der Waals surface area contributed by atoms with Crippen LogP contribution in [0.5, 0.6) is 5.75 Å². The topological polar surface area (TPSA) is 81.5 Å². The Morgan fingerprint density at radius 1 is 0.791 bits per heavy atom. The number of rotatable bonds is 12. The smallest absolute Gasteiger partial charge is 0.341 e. The van der Waals surface area contributed by atoms with Crippen molar-refractivity contribution in [3.05, 3.63) is 138 Å². The summed E-state index contributed by atoms with van der Waals surface area (Å²) in [6, 6.07) is 30.8. The van der Waals surface area contributed by atoms with Crippen molar-refractivity contribution in [3.8, 4) is 28.0 Å². The summed E-state index contributed by atoms with van der Waals surface area (Å²) < 4.78 is 11.7. The summed E-state index contributed by atoms with van der Waals surface area (Å²) >= 11 is 1.66. The lowest BCUT2D eigenvalue weighted by atomic mass is 9.93.